The predicted octanol–water partition coefficient (Wildman–Crippen LogP) is 3.16. The van der Waals surface area contributed by atoms with E-state index in [9.17, 15) is 9.00 Å². The lowest BCUT2D eigenvalue weighted by Crippen LogP contribution is -2.27. The summed E-state index contributed by atoms with van der Waals surface area (Å²) in [4.78, 5) is 16.5. The first kappa shape index (κ1) is 19.0. The predicted molar refractivity (Wildman–Crippen MR) is 104 cm³/mol. The van der Waals surface area contributed by atoms with Crippen LogP contribution in [-0.2, 0) is 20.5 Å². The van der Waals surface area contributed by atoms with Crippen LogP contribution >= 0.6 is 0 Å². The summed E-state index contributed by atoms with van der Waals surface area (Å²) in [5.41, 5.74) is 0.746. The lowest BCUT2D eigenvalue weighted by Gasteiger charge is -2.19. The van der Waals surface area contributed by atoms with Crippen molar-refractivity contribution in [2.24, 2.45) is 0 Å². The number of nitrogens with zero attached hydrogens (tertiary/aromatic N) is 1. The quantitative estimate of drug-likeness (QED) is 0.633. The van der Waals surface area contributed by atoms with Crippen molar-refractivity contribution in [1.29, 1.82) is 0 Å². The van der Waals surface area contributed by atoms with Gasteiger partial charge >= 0.3 is 5.97 Å². The van der Waals surface area contributed by atoms with Gasteiger partial charge in [0, 0.05) is 17.8 Å². The van der Waals surface area contributed by atoms with Gasteiger partial charge in [0.1, 0.15) is 21.6 Å². The topological polar surface area (TPSA) is 77.5 Å². The first-order chi connectivity index (χ1) is 13.1. The lowest BCUT2D eigenvalue weighted by molar-refractivity contribution is -0.141. The second-order valence-electron chi connectivity index (χ2n) is 5.82. The molecule has 0 aliphatic rings. The van der Waals surface area contributed by atoms with Crippen molar-refractivity contribution in [1.82, 2.24) is 9.71 Å². The molecule has 140 valence electrons. The number of rotatable bonds is 7. The molecule has 0 saturated heterocycles. The lowest BCUT2D eigenvalue weighted by atomic mass is 10.1. The van der Waals surface area contributed by atoms with E-state index in [-0.39, 0.29) is 6.42 Å². The smallest absolute Gasteiger partial charge is 0.307 e. The van der Waals surface area contributed by atoms with Crippen molar-refractivity contribution in [2.75, 3.05) is 14.2 Å². The maximum atomic E-state index is 13.2. The number of methoxy groups -OCH3 is 2. The maximum Gasteiger partial charge on any atom is 0.307 e. The number of ether oxygens (including phenoxy) is 2. The third-order valence-electron chi connectivity index (χ3n) is 4.18. The van der Waals surface area contributed by atoms with Crippen molar-refractivity contribution in [2.45, 2.75) is 17.4 Å². The van der Waals surface area contributed by atoms with Crippen molar-refractivity contribution < 1.29 is 18.5 Å². The SMILES string of the molecule is COC(=O)C[C@@H](N[S@](=O)c1c(OC)ccc2ccccc12)c1cccnc1. The van der Waals surface area contributed by atoms with Crippen molar-refractivity contribution in [3.8, 4) is 5.75 Å². The van der Waals surface area contributed by atoms with Gasteiger partial charge in [-0.2, -0.15) is 0 Å². The number of hydrogen-bond donors (Lipinski definition) is 1. The molecule has 27 heavy (non-hydrogen) atoms. The molecule has 0 spiro atoms. The molecule has 1 N–H and O–H groups in total. The fraction of sp³-hybridized carbons (Fsp3) is 0.200. The van der Waals surface area contributed by atoms with Crippen LogP contribution in [0, 0.1) is 0 Å². The summed E-state index contributed by atoms with van der Waals surface area (Å²) in [6, 6.07) is 14.4. The number of esters is 1. The van der Waals surface area contributed by atoms with Crippen LogP contribution < -0.4 is 9.46 Å². The first-order valence-electron chi connectivity index (χ1n) is 8.34. The fourth-order valence-corrected chi connectivity index (χ4v) is 4.14. The number of benzene rings is 2. The Kier molecular flexibility index (Phi) is 6.16. The van der Waals surface area contributed by atoms with E-state index >= 15 is 0 Å². The molecule has 0 saturated carbocycles. The van der Waals surface area contributed by atoms with Gasteiger partial charge in [-0.15, -0.1) is 0 Å². The molecule has 0 radical (unpaired) electrons. The van der Waals surface area contributed by atoms with Crippen LogP contribution in [0.15, 0.2) is 65.8 Å². The molecule has 0 aliphatic carbocycles. The molecule has 1 aromatic heterocycles. The van der Waals surface area contributed by atoms with E-state index in [1.165, 1.54) is 14.2 Å². The molecule has 3 aromatic rings. The largest absolute Gasteiger partial charge is 0.495 e. The number of pyridine rings is 1. The monoisotopic (exact) mass is 384 g/mol. The summed E-state index contributed by atoms with van der Waals surface area (Å²) in [6.07, 6.45) is 3.31. The highest BCUT2D eigenvalue weighted by Gasteiger charge is 2.22. The Labute approximate surface area is 160 Å². The fourth-order valence-electron chi connectivity index (χ4n) is 2.82. The minimum Gasteiger partial charge on any atom is -0.495 e. The zero-order valence-corrected chi connectivity index (χ0v) is 15.9. The Morgan fingerprint density at radius 2 is 1.96 bits per heavy atom. The van der Waals surface area contributed by atoms with E-state index in [2.05, 4.69) is 9.71 Å². The Hall–Kier alpha value is -2.77. The molecule has 7 heteroatoms. The minimum atomic E-state index is -1.63. The number of hydrogen-bond acceptors (Lipinski definition) is 5. The van der Waals surface area contributed by atoms with Gasteiger partial charge in [-0.1, -0.05) is 36.4 Å². The van der Waals surface area contributed by atoms with Crippen molar-refractivity contribution in [3.05, 3.63) is 66.5 Å². The van der Waals surface area contributed by atoms with Crippen LogP contribution in [0.5, 0.6) is 5.75 Å². The molecule has 0 bridgehead atoms. The Bertz CT molecular complexity index is 963. The van der Waals surface area contributed by atoms with Gasteiger partial charge in [0.25, 0.3) is 0 Å². The zero-order chi connectivity index (χ0) is 19.2. The van der Waals surface area contributed by atoms with Gasteiger partial charge in [0.2, 0.25) is 0 Å². The van der Waals surface area contributed by atoms with Gasteiger partial charge in [-0.05, 0) is 23.1 Å². The van der Waals surface area contributed by atoms with Gasteiger partial charge in [-0.25, -0.2) is 8.93 Å². The van der Waals surface area contributed by atoms with E-state index in [4.69, 9.17) is 9.47 Å². The van der Waals surface area contributed by atoms with Crippen molar-refractivity contribution in [3.63, 3.8) is 0 Å². The zero-order valence-electron chi connectivity index (χ0n) is 15.0. The average molecular weight is 384 g/mol. The number of aromatic nitrogens is 1. The second kappa shape index (κ2) is 8.75. The Morgan fingerprint density at radius 1 is 1.15 bits per heavy atom. The van der Waals surface area contributed by atoms with Crippen LogP contribution in [-0.4, -0.2) is 29.4 Å². The highest BCUT2D eigenvalue weighted by atomic mass is 32.2. The summed E-state index contributed by atoms with van der Waals surface area (Å²) in [6.45, 7) is 0. The van der Waals surface area contributed by atoms with Crippen LogP contribution in [0.3, 0.4) is 0 Å². The van der Waals surface area contributed by atoms with E-state index in [0.29, 0.717) is 10.6 Å². The van der Waals surface area contributed by atoms with Crippen LogP contribution in [0.2, 0.25) is 0 Å². The summed E-state index contributed by atoms with van der Waals surface area (Å²) in [7, 11) is 1.24. The second-order valence-corrected chi connectivity index (χ2v) is 7.01. The van der Waals surface area contributed by atoms with E-state index < -0.39 is 23.0 Å². The summed E-state index contributed by atoms with van der Waals surface area (Å²) in [5, 5.41) is 1.78. The van der Waals surface area contributed by atoms with Gasteiger partial charge < -0.3 is 9.47 Å². The highest BCUT2D eigenvalue weighted by molar-refractivity contribution is 7.83. The first-order valence-corrected chi connectivity index (χ1v) is 9.49. The standard InChI is InChI=1S/C20H20N2O4S/c1-25-18-10-9-14-6-3-4-8-16(14)20(18)27(24)22-17(12-19(23)26-2)15-7-5-11-21-13-15/h3-11,13,17,22H,12H2,1-2H3/t17-,27-/m1/s1. The van der Waals surface area contributed by atoms with Crippen LogP contribution in [0.1, 0.15) is 18.0 Å². The number of carbonyl (C=O) groups is 1. The summed E-state index contributed by atoms with van der Waals surface area (Å²) in [5.74, 6) is 0.112. The normalized spacial score (nSPS) is 13.1. The maximum absolute atomic E-state index is 13.2. The van der Waals surface area contributed by atoms with E-state index in [1.54, 1.807) is 24.5 Å². The Morgan fingerprint density at radius 3 is 2.67 bits per heavy atom. The van der Waals surface area contributed by atoms with Gasteiger partial charge in [-0.3, -0.25) is 9.78 Å². The average Bonchev–Trinajstić information content (AvgIpc) is 2.72. The Balaban J connectivity index is 1.99. The van der Waals surface area contributed by atoms with Crippen LogP contribution in [0.25, 0.3) is 10.8 Å². The number of nitrogens with one attached hydrogen (secondary N) is 1. The third-order valence-corrected chi connectivity index (χ3v) is 5.47. The third kappa shape index (κ3) is 4.32. The summed E-state index contributed by atoms with van der Waals surface area (Å²) >= 11 is 0. The molecular weight excluding hydrogens is 364 g/mol. The highest BCUT2D eigenvalue weighted by Crippen LogP contribution is 2.31. The summed E-state index contributed by atoms with van der Waals surface area (Å²) < 4.78 is 26.5. The molecule has 0 unspecified atom stereocenters. The van der Waals surface area contributed by atoms with E-state index in [0.717, 1.165) is 16.3 Å². The molecule has 1 heterocycles. The molecule has 6 nitrogen and oxygen atoms in total. The number of fused-ring (bicyclic) bond motifs is 1. The molecule has 2 aromatic carbocycles. The number of carbonyl (C=O) groups excluding carboxylic acids is 1. The van der Waals surface area contributed by atoms with Crippen molar-refractivity contribution >= 4 is 27.7 Å². The molecular formula is C20H20N2O4S. The van der Waals surface area contributed by atoms with Crippen LogP contribution in [0.4, 0.5) is 0 Å². The molecule has 0 fully saturated rings. The molecule has 0 aliphatic heterocycles. The van der Waals surface area contributed by atoms with Gasteiger partial charge in [0.15, 0.2) is 0 Å². The minimum absolute atomic E-state index is 0.0288. The molecule has 0 amide bonds. The molecule has 3 rings (SSSR count). The van der Waals surface area contributed by atoms with E-state index in [1.807, 2.05) is 36.4 Å². The van der Waals surface area contributed by atoms with Gasteiger partial charge in [0.05, 0.1) is 26.7 Å². The molecule has 2 atom stereocenters.